The van der Waals surface area contributed by atoms with Crippen LogP contribution in [0.4, 0.5) is 0 Å². The maximum atomic E-state index is 12.8. The number of fused-ring (bicyclic) bond motifs is 1. The Balaban J connectivity index is 1.50. The number of Topliss-reactive ketones (excluding diaryl/α,β-unsaturated/α-hetero) is 2. The molecule has 6 nitrogen and oxygen atoms in total. The van der Waals surface area contributed by atoms with Gasteiger partial charge in [-0.3, -0.25) is 9.59 Å². The van der Waals surface area contributed by atoms with Gasteiger partial charge in [-0.2, -0.15) is 0 Å². The molecule has 0 radical (unpaired) electrons. The molecule has 7 heteroatoms. The monoisotopic (exact) mass is 494 g/mol. The van der Waals surface area contributed by atoms with Crippen molar-refractivity contribution in [2.45, 2.75) is 0 Å². The normalized spacial score (nSPS) is 13.5. The molecule has 0 fully saturated rings. The zero-order valence-corrected chi connectivity index (χ0v) is 19.0. The van der Waals surface area contributed by atoms with Crippen molar-refractivity contribution in [3.63, 3.8) is 0 Å². The molecule has 1 heterocycles. The number of allylic oxidation sites excluding steroid dienone is 1. The summed E-state index contributed by atoms with van der Waals surface area (Å²) in [5, 5.41) is 0. The van der Waals surface area contributed by atoms with Crippen LogP contribution < -0.4 is 18.9 Å². The summed E-state index contributed by atoms with van der Waals surface area (Å²) < 4.78 is 22.9. The number of carbonyl (C=O) groups excluding carboxylic acids is 2. The summed E-state index contributed by atoms with van der Waals surface area (Å²) in [6, 6.07) is 17.2. The number of ketones is 2. The third-order valence-electron chi connectivity index (χ3n) is 4.90. The fraction of sp³-hybridized carbons (Fsp3) is 0.120. The fourth-order valence-corrected chi connectivity index (χ4v) is 3.48. The van der Waals surface area contributed by atoms with Crippen LogP contribution in [0, 0.1) is 0 Å². The van der Waals surface area contributed by atoms with Crippen LogP contribution in [0.3, 0.4) is 0 Å². The zero-order valence-electron chi connectivity index (χ0n) is 17.4. The van der Waals surface area contributed by atoms with E-state index in [4.69, 9.17) is 18.9 Å². The molecular formula is C25H19BrO6. The average molecular weight is 495 g/mol. The van der Waals surface area contributed by atoms with Crippen molar-refractivity contribution >= 4 is 33.6 Å². The van der Waals surface area contributed by atoms with Crippen LogP contribution in [0.1, 0.15) is 26.3 Å². The van der Waals surface area contributed by atoms with Gasteiger partial charge in [-0.15, -0.1) is 0 Å². The Morgan fingerprint density at radius 2 is 1.72 bits per heavy atom. The number of hydrogen-bond acceptors (Lipinski definition) is 6. The quantitative estimate of drug-likeness (QED) is 0.326. The predicted octanol–water partition coefficient (Wildman–Crippen LogP) is 5.34. The van der Waals surface area contributed by atoms with Gasteiger partial charge in [0.05, 0.1) is 19.8 Å². The van der Waals surface area contributed by atoms with Gasteiger partial charge in [-0.1, -0.05) is 28.1 Å². The van der Waals surface area contributed by atoms with Gasteiger partial charge in [0.2, 0.25) is 5.78 Å². The minimum atomic E-state index is -0.248. The first kappa shape index (κ1) is 21.6. The van der Waals surface area contributed by atoms with Crippen molar-refractivity contribution in [1.29, 1.82) is 0 Å². The lowest BCUT2D eigenvalue weighted by molar-refractivity contribution is 0.0921. The molecule has 0 aromatic heterocycles. The number of hydrogen-bond donors (Lipinski definition) is 0. The molecule has 3 aromatic rings. The lowest BCUT2D eigenvalue weighted by Gasteiger charge is -2.08. The highest BCUT2D eigenvalue weighted by atomic mass is 79.9. The van der Waals surface area contributed by atoms with Crippen LogP contribution in [-0.2, 0) is 0 Å². The zero-order chi connectivity index (χ0) is 22.7. The Hall–Kier alpha value is -3.58. The summed E-state index contributed by atoms with van der Waals surface area (Å²) in [5.74, 6) is 1.78. The molecule has 0 saturated heterocycles. The van der Waals surface area contributed by atoms with Gasteiger partial charge in [0, 0.05) is 21.7 Å². The highest BCUT2D eigenvalue weighted by Crippen LogP contribution is 2.36. The van der Waals surface area contributed by atoms with Gasteiger partial charge in [0.1, 0.15) is 23.0 Å². The molecule has 3 aromatic carbocycles. The van der Waals surface area contributed by atoms with Gasteiger partial charge in [0.15, 0.2) is 18.1 Å². The van der Waals surface area contributed by atoms with E-state index in [1.807, 2.05) is 0 Å². The summed E-state index contributed by atoms with van der Waals surface area (Å²) >= 11 is 3.34. The first-order chi connectivity index (χ1) is 15.5. The molecule has 0 aliphatic carbocycles. The van der Waals surface area contributed by atoms with Crippen molar-refractivity contribution in [1.82, 2.24) is 0 Å². The van der Waals surface area contributed by atoms with Crippen LogP contribution in [-0.4, -0.2) is 32.4 Å². The minimum absolute atomic E-state index is 0.127. The maximum Gasteiger partial charge on any atom is 0.231 e. The molecule has 0 unspecified atom stereocenters. The number of rotatable bonds is 7. The Labute approximate surface area is 193 Å². The number of carbonyl (C=O) groups is 2. The summed E-state index contributed by atoms with van der Waals surface area (Å²) in [6.45, 7) is -0.127. The highest BCUT2D eigenvalue weighted by Gasteiger charge is 2.28. The Morgan fingerprint density at radius 3 is 2.44 bits per heavy atom. The molecule has 0 N–H and O–H groups in total. The van der Waals surface area contributed by atoms with E-state index < -0.39 is 0 Å². The largest absolute Gasteiger partial charge is 0.497 e. The van der Waals surface area contributed by atoms with Crippen LogP contribution in [0.5, 0.6) is 23.0 Å². The first-order valence-corrected chi connectivity index (χ1v) is 10.5. The van der Waals surface area contributed by atoms with E-state index in [0.717, 1.165) is 4.47 Å². The number of ether oxygens (including phenoxy) is 4. The third-order valence-corrected chi connectivity index (χ3v) is 5.43. The van der Waals surface area contributed by atoms with E-state index in [-0.39, 0.29) is 23.9 Å². The minimum Gasteiger partial charge on any atom is -0.497 e. The van der Waals surface area contributed by atoms with E-state index in [2.05, 4.69) is 15.9 Å². The van der Waals surface area contributed by atoms with E-state index in [1.54, 1.807) is 81.0 Å². The lowest BCUT2D eigenvalue weighted by atomic mass is 10.1. The van der Waals surface area contributed by atoms with E-state index in [0.29, 0.717) is 39.7 Å². The summed E-state index contributed by atoms with van der Waals surface area (Å²) in [5.41, 5.74) is 1.63. The fourth-order valence-electron chi connectivity index (χ4n) is 3.22. The summed E-state index contributed by atoms with van der Waals surface area (Å²) in [7, 11) is 3.11. The highest BCUT2D eigenvalue weighted by molar-refractivity contribution is 9.10. The molecule has 162 valence electrons. The van der Waals surface area contributed by atoms with Crippen molar-refractivity contribution in [2.75, 3.05) is 20.8 Å². The molecular weight excluding hydrogens is 476 g/mol. The number of halogens is 1. The average Bonchev–Trinajstić information content (AvgIpc) is 3.12. The van der Waals surface area contributed by atoms with Gasteiger partial charge in [-0.05, 0) is 48.5 Å². The van der Waals surface area contributed by atoms with Crippen molar-refractivity contribution < 1.29 is 28.5 Å². The van der Waals surface area contributed by atoms with E-state index in [9.17, 15) is 9.59 Å². The summed E-state index contributed by atoms with van der Waals surface area (Å²) in [6.07, 6.45) is 1.61. The first-order valence-electron chi connectivity index (χ1n) is 9.70. The van der Waals surface area contributed by atoms with Gasteiger partial charge in [-0.25, -0.2) is 0 Å². The van der Waals surface area contributed by atoms with Crippen LogP contribution >= 0.6 is 15.9 Å². The molecule has 0 atom stereocenters. The molecule has 0 saturated carbocycles. The molecule has 1 aliphatic rings. The third kappa shape index (κ3) is 4.53. The second-order valence-electron chi connectivity index (χ2n) is 6.92. The lowest BCUT2D eigenvalue weighted by Crippen LogP contribution is -2.11. The van der Waals surface area contributed by atoms with E-state index >= 15 is 0 Å². The van der Waals surface area contributed by atoms with Crippen LogP contribution in [0.25, 0.3) is 6.08 Å². The van der Waals surface area contributed by atoms with Gasteiger partial charge < -0.3 is 18.9 Å². The molecule has 0 spiro atoms. The molecule has 0 bridgehead atoms. The molecule has 4 rings (SSSR count). The standard InChI is InChI=1S/C25H19BrO6/c1-29-18-8-10-22(30-2)16(11-18)12-24-25(28)20-9-7-19(13-23(20)32-24)31-14-21(27)15-3-5-17(26)6-4-15/h3-13H,14H2,1-2H3/b24-12-. The molecule has 1 aliphatic heterocycles. The van der Waals surface area contributed by atoms with Crippen molar-refractivity contribution in [2.24, 2.45) is 0 Å². The second kappa shape index (κ2) is 9.28. The van der Waals surface area contributed by atoms with Gasteiger partial charge in [0.25, 0.3) is 0 Å². The summed E-state index contributed by atoms with van der Waals surface area (Å²) in [4.78, 5) is 25.1. The molecule has 0 amide bonds. The second-order valence-corrected chi connectivity index (χ2v) is 7.84. The Kier molecular flexibility index (Phi) is 6.28. The van der Waals surface area contributed by atoms with Crippen molar-refractivity contribution in [3.05, 3.63) is 87.6 Å². The SMILES string of the molecule is COc1ccc(OC)c(/C=C2\Oc3cc(OCC(=O)c4ccc(Br)cc4)ccc3C2=O)c1. The number of methoxy groups -OCH3 is 2. The van der Waals surface area contributed by atoms with Crippen LogP contribution in [0.2, 0.25) is 0 Å². The van der Waals surface area contributed by atoms with Crippen LogP contribution in [0.15, 0.2) is 70.9 Å². The maximum absolute atomic E-state index is 12.8. The van der Waals surface area contributed by atoms with E-state index in [1.165, 1.54) is 0 Å². The Bertz CT molecular complexity index is 1210. The Morgan fingerprint density at radius 1 is 0.969 bits per heavy atom. The molecule has 32 heavy (non-hydrogen) atoms. The predicted molar refractivity (Wildman–Crippen MR) is 123 cm³/mol. The smallest absolute Gasteiger partial charge is 0.231 e. The number of benzene rings is 3. The topological polar surface area (TPSA) is 71.1 Å². The van der Waals surface area contributed by atoms with Crippen molar-refractivity contribution in [3.8, 4) is 23.0 Å². The van der Waals surface area contributed by atoms with Gasteiger partial charge >= 0.3 is 0 Å².